The number of hydrogen-bond acceptors (Lipinski definition) is 7. The minimum atomic E-state index is -0.259. The topological polar surface area (TPSA) is 125 Å². The van der Waals surface area contributed by atoms with E-state index >= 15 is 0 Å². The lowest BCUT2D eigenvalue weighted by Crippen LogP contribution is -2.31. The van der Waals surface area contributed by atoms with Gasteiger partial charge in [0, 0.05) is 37.2 Å². The molecule has 11 nitrogen and oxygen atoms in total. The number of imidazole rings is 1. The SMILES string of the molecule is Cc1cc(C(=O)Nc2cc(Oc3ccc4nc(NC(=O)CC5COC5)cn4n3)ccc2C)n(C)n1. The summed E-state index contributed by atoms with van der Waals surface area (Å²) in [5.74, 6) is 1.17. The van der Waals surface area contributed by atoms with Crippen molar-refractivity contribution in [2.24, 2.45) is 13.0 Å². The first kappa shape index (κ1) is 22.5. The summed E-state index contributed by atoms with van der Waals surface area (Å²) in [6.07, 6.45) is 2.04. The minimum Gasteiger partial charge on any atom is -0.438 e. The lowest BCUT2D eigenvalue weighted by Gasteiger charge is -2.24. The molecule has 0 bridgehead atoms. The number of nitrogens with one attached hydrogen (secondary N) is 2. The molecule has 3 aromatic heterocycles. The third kappa shape index (κ3) is 4.99. The van der Waals surface area contributed by atoms with Crippen LogP contribution in [0.25, 0.3) is 5.65 Å². The third-order valence-corrected chi connectivity index (χ3v) is 5.66. The smallest absolute Gasteiger partial charge is 0.273 e. The first-order valence-corrected chi connectivity index (χ1v) is 11.2. The Hall–Kier alpha value is -4.25. The van der Waals surface area contributed by atoms with Crippen LogP contribution in [-0.4, -0.2) is 49.4 Å². The number of anilines is 2. The minimum absolute atomic E-state index is 0.103. The van der Waals surface area contributed by atoms with Crippen LogP contribution in [0.2, 0.25) is 0 Å². The van der Waals surface area contributed by atoms with E-state index in [4.69, 9.17) is 9.47 Å². The summed E-state index contributed by atoms with van der Waals surface area (Å²) >= 11 is 0. The van der Waals surface area contributed by atoms with Crippen LogP contribution in [0, 0.1) is 19.8 Å². The Morgan fingerprint density at radius 2 is 1.94 bits per heavy atom. The van der Waals surface area contributed by atoms with Crippen molar-refractivity contribution in [3.05, 3.63) is 59.5 Å². The van der Waals surface area contributed by atoms with Crippen LogP contribution < -0.4 is 15.4 Å². The van der Waals surface area contributed by atoms with Gasteiger partial charge in [0.1, 0.15) is 11.4 Å². The van der Waals surface area contributed by atoms with Crippen molar-refractivity contribution in [2.45, 2.75) is 20.3 Å². The molecule has 1 aliphatic heterocycles. The molecular formula is C24H25N7O4. The van der Waals surface area contributed by atoms with Gasteiger partial charge < -0.3 is 20.1 Å². The normalized spacial score (nSPS) is 13.5. The summed E-state index contributed by atoms with van der Waals surface area (Å²) in [7, 11) is 1.73. The maximum Gasteiger partial charge on any atom is 0.273 e. The summed E-state index contributed by atoms with van der Waals surface area (Å²) in [5.41, 5.74) is 3.31. The molecule has 2 N–H and O–H groups in total. The first-order valence-electron chi connectivity index (χ1n) is 11.2. The number of benzene rings is 1. The fraction of sp³-hybridized carbons (Fsp3) is 0.292. The van der Waals surface area contributed by atoms with E-state index in [0.717, 1.165) is 11.3 Å². The molecule has 35 heavy (non-hydrogen) atoms. The summed E-state index contributed by atoms with van der Waals surface area (Å²) in [6.45, 7) is 4.97. The molecule has 0 aliphatic carbocycles. The number of carbonyl (C=O) groups is 2. The van der Waals surface area contributed by atoms with Gasteiger partial charge in [0.15, 0.2) is 11.5 Å². The Morgan fingerprint density at radius 3 is 2.66 bits per heavy atom. The zero-order valence-corrected chi connectivity index (χ0v) is 19.6. The molecule has 5 rings (SSSR count). The molecule has 0 radical (unpaired) electrons. The van der Waals surface area contributed by atoms with Crippen molar-refractivity contribution in [1.29, 1.82) is 0 Å². The van der Waals surface area contributed by atoms with Crippen molar-refractivity contribution in [3.63, 3.8) is 0 Å². The molecule has 4 aromatic rings. The van der Waals surface area contributed by atoms with E-state index in [0.29, 0.717) is 54.1 Å². The van der Waals surface area contributed by atoms with Crippen molar-refractivity contribution in [2.75, 3.05) is 23.8 Å². The van der Waals surface area contributed by atoms with Crippen molar-refractivity contribution in [1.82, 2.24) is 24.4 Å². The number of aromatic nitrogens is 5. The van der Waals surface area contributed by atoms with Gasteiger partial charge in [0.2, 0.25) is 11.8 Å². The van der Waals surface area contributed by atoms with Crippen LogP contribution in [0.15, 0.2) is 42.6 Å². The predicted molar refractivity (Wildman–Crippen MR) is 128 cm³/mol. The van der Waals surface area contributed by atoms with E-state index in [-0.39, 0.29) is 17.7 Å². The lowest BCUT2D eigenvalue weighted by molar-refractivity contribution is -0.121. The van der Waals surface area contributed by atoms with E-state index in [2.05, 4.69) is 25.8 Å². The third-order valence-electron chi connectivity index (χ3n) is 5.66. The number of nitrogens with zero attached hydrogens (tertiary/aromatic N) is 5. The van der Waals surface area contributed by atoms with Gasteiger partial charge in [-0.3, -0.25) is 14.3 Å². The van der Waals surface area contributed by atoms with Crippen LogP contribution in [-0.2, 0) is 16.6 Å². The summed E-state index contributed by atoms with van der Waals surface area (Å²) in [5, 5.41) is 14.4. The number of amides is 2. The lowest BCUT2D eigenvalue weighted by atomic mass is 10.0. The molecule has 2 amide bonds. The zero-order valence-electron chi connectivity index (χ0n) is 19.6. The van der Waals surface area contributed by atoms with Gasteiger partial charge in [-0.05, 0) is 37.6 Å². The van der Waals surface area contributed by atoms with E-state index in [1.165, 1.54) is 0 Å². The van der Waals surface area contributed by atoms with E-state index < -0.39 is 0 Å². The van der Waals surface area contributed by atoms with Gasteiger partial charge in [0.25, 0.3) is 5.91 Å². The highest BCUT2D eigenvalue weighted by Crippen LogP contribution is 2.26. The summed E-state index contributed by atoms with van der Waals surface area (Å²) in [4.78, 5) is 29.2. The molecule has 0 saturated carbocycles. The number of rotatable bonds is 7. The second-order valence-electron chi connectivity index (χ2n) is 8.58. The molecule has 0 spiro atoms. The van der Waals surface area contributed by atoms with Crippen LogP contribution in [0.4, 0.5) is 11.5 Å². The highest BCUT2D eigenvalue weighted by atomic mass is 16.5. The summed E-state index contributed by atoms with van der Waals surface area (Å²) in [6, 6.07) is 10.6. The number of ether oxygens (including phenoxy) is 2. The number of hydrogen-bond donors (Lipinski definition) is 2. The first-order chi connectivity index (χ1) is 16.8. The molecular weight excluding hydrogens is 450 g/mol. The molecule has 1 saturated heterocycles. The molecule has 11 heteroatoms. The second-order valence-corrected chi connectivity index (χ2v) is 8.58. The summed E-state index contributed by atoms with van der Waals surface area (Å²) < 4.78 is 14.1. The monoisotopic (exact) mass is 475 g/mol. The fourth-order valence-electron chi connectivity index (χ4n) is 3.77. The molecule has 1 aliphatic rings. The fourth-order valence-corrected chi connectivity index (χ4v) is 3.77. The van der Waals surface area contributed by atoms with Crippen LogP contribution in [0.5, 0.6) is 11.6 Å². The Bertz CT molecular complexity index is 1420. The second kappa shape index (κ2) is 9.18. The maximum absolute atomic E-state index is 12.7. The molecule has 1 fully saturated rings. The molecule has 0 unspecified atom stereocenters. The maximum atomic E-state index is 12.7. The highest BCUT2D eigenvalue weighted by molar-refractivity contribution is 6.03. The Labute approximate surface area is 201 Å². The van der Waals surface area contributed by atoms with Gasteiger partial charge in [-0.1, -0.05) is 6.07 Å². The molecule has 180 valence electrons. The van der Waals surface area contributed by atoms with Gasteiger partial charge in [-0.15, -0.1) is 5.10 Å². The van der Waals surface area contributed by atoms with E-state index in [1.54, 1.807) is 52.8 Å². The van der Waals surface area contributed by atoms with Gasteiger partial charge >= 0.3 is 0 Å². The Kier molecular flexibility index (Phi) is 5.91. The van der Waals surface area contributed by atoms with Crippen LogP contribution in [0.3, 0.4) is 0 Å². The number of aryl methyl sites for hydroxylation is 3. The molecule has 0 atom stereocenters. The van der Waals surface area contributed by atoms with E-state index in [1.807, 2.05) is 19.9 Å². The average molecular weight is 476 g/mol. The zero-order chi connectivity index (χ0) is 24.5. The number of fused-ring (bicyclic) bond motifs is 1. The average Bonchev–Trinajstić information content (AvgIpc) is 3.34. The van der Waals surface area contributed by atoms with Gasteiger partial charge in [0.05, 0.1) is 25.1 Å². The largest absolute Gasteiger partial charge is 0.438 e. The van der Waals surface area contributed by atoms with Gasteiger partial charge in [-0.2, -0.15) is 5.10 Å². The predicted octanol–water partition coefficient (Wildman–Crippen LogP) is 3.10. The Morgan fingerprint density at radius 1 is 1.11 bits per heavy atom. The number of carbonyl (C=O) groups excluding carboxylic acids is 2. The van der Waals surface area contributed by atoms with Crippen molar-refractivity contribution >= 4 is 29.0 Å². The van der Waals surface area contributed by atoms with Crippen LogP contribution in [0.1, 0.15) is 28.2 Å². The quantitative estimate of drug-likeness (QED) is 0.421. The van der Waals surface area contributed by atoms with Crippen molar-refractivity contribution < 1.29 is 19.1 Å². The Balaban J connectivity index is 1.28. The van der Waals surface area contributed by atoms with Crippen LogP contribution >= 0.6 is 0 Å². The molecule has 1 aromatic carbocycles. The van der Waals surface area contributed by atoms with Crippen molar-refractivity contribution in [3.8, 4) is 11.6 Å². The molecule has 4 heterocycles. The standard InChI is InChI=1S/C24H25N7O4/c1-14-4-5-17(10-18(14)25-24(33)19-8-15(2)28-30(19)3)35-23-7-6-21-26-20(11-31(21)29-23)27-22(32)9-16-12-34-13-16/h4-8,10-11,16H,9,12-13H2,1-3H3,(H,25,33)(H,27,32). The van der Waals surface area contributed by atoms with E-state index in [9.17, 15) is 9.59 Å². The highest BCUT2D eigenvalue weighted by Gasteiger charge is 2.22. The van der Waals surface area contributed by atoms with Gasteiger partial charge in [-0.25, -0.2) is 9.50 Å².